The van der Waals surface area contributed by atoms with Gasteiger partial charge in [0.25, 0.3) is 5.56 Å². The summed E-state index contributed by atoms with van der Waals surface area (Å²) in [4.78, 5) is 24.4. The lowest BCUT2D eigenvalue weighted by molar-refractivity contribution is 0.113. The fourth-order valence-electron chi connectivity index (χ4n) is 2.97. The number of hydrogen-bond donors (Lipinski definition) is 1. The van der Waals surface area contributed by atoms with E-state index in [9.17, 15) is 4.79 Å². The lowest BCUT2D eigenvalue weighted by Crippen LogP contribution is -2.51. The molecule has 0 bridgehead atoms. The van der Waals surface area contributed by atoms with Crippen molar-refractivity contribution >= 4 is 0 Å². The number of hydrogen-bond acceptors (Lipinski definition) is 4. The molecule has 20 heavy (non-hydrogen) atoms. The van der Waals surface area contributed by atoms with Crippen LogP contribution in [0.25, 0.3) is 0 Å². The number of H-pyrrole nitrogens is 1. The first-order valence-corrected chi connectivity index (χ1v) is 7.37. The van der Waals surface area contributed by atoms with Crippen LogP contribution in [-0.2, 0) is 6.42 Å². The predicted octanol–water partition coefficient (Wildman–Crippen LogP) is 0.990. The number of likely N-dealkylation sites (N-methyl/N-ethyl adjacent to an activating group) is 2. The molecule has 2 rings (SSSR count). The van der Waals surface area contributed by atoms with Crippen LogP contribution >= 0.6 is 0 Å². The second kappa shape index (κ2) is 6.06. The van der Waals surface area contributed by atoms with Crippen LogP contribution in [0.3, 0.4) is 0 Å². The Morgan fingerprint density at radius 2 is 2.05 bits per heavy atom. The summed E-state index contributed by atoms with van der Waals surface area (Å²) >= 11 is 0. The average Bonchev–Trinajstić information content (AvgIpc) is 2.32. The van der Waals surface area contributed by atoms with Crippen molar-refractivity contribution in [2.45, 2.75) is 39.2 Å². The minimum absolute atomic E-state index is 0.0225. The second-order valence-corrected chi connectivity index (χ2v) is 6.27. The maximum absolute atomic E-state index is 12.2. The number of aryl methyl sites for hydroxylation is 1. The molecule has 0 saturated carbocycles. The molecule has 5 nitrogen and oxygen atoms in total. The minimum atomic E-state index is 0.0225. The Hall–Kier alpha value is -1.20. The number of rotatable bonds is 3. The molecular formula is C15H26N4O. The first-order chi connectivity index (χ1) is 9.38. The van der Waals surface area contributed by atoms with E-state index in [1.54, 1.807) is 0 Å². The number of aromatic nitrogens is 2. The van der Waals surface area contributed by atoms with Gasteiger partial charge >= 0.3 is 0 Å². The molecule has 0 radical (unpaired) electrons. The maximum Gasteiger partial charge on any atom is 0.254 e. The normalized spacial score (nSPS) is 21.6. The lowest BCUT2D eigenvalue weighted by Gasteiger charge is -2.37. The van der Waals surface area contributed by atoms with Crippen molar-refractivity contribution in [3.8, 4) is 0 Å². The monoisotopic (exact) mass is 278 g/mol. The summed E-state index contributed by atoms with van der Waals surface area (Å²) in [5, 5.41) is 0. The van der Waals surface area contributed by atoms with Gasteiger partial charge in [0.1, 0.15) is 5.82 Å². The summed E-state index contributed by atoms with van der Waals surface area (Å²) in [6, 6.07) is 0.418. The fraction of sp³-hybridized carbons (Fsp3) is 0.733. The van der Waals surface area contributed by atoms with Crippen LogP contribution in [0.15, 0.2) is 4.79 Å². The van der Waals surface area contributed by atoms with Gasteiger partial charge < -0.3 is 14.8 Å². The van der Waals surface area contributed by atoms with Gasteiger partial charge in [0.05, 0.1) is 0 Å². The van der Waals surface area contributed by atoms with Gasteiger partial charge in [-0.2, -0.15) is 0 Å². The van der Waals surface area contributed by atoms with Crippen LogP contribution in [0.4, 0.5) is 0 Å². The first-order valence-electron chi connectivity index (χ1n) is 7.37. The van der Waals surface area contributed by atoms with E-state index >= 15 is 0 Å². The number of nitrogens with zero attached hydrogens (tertiary/aromatic N) is 3. The summed E-state index contributed by atoms with van der Waals surface area (Å²) in [7, 11) is 4.29. The van der Waals surface area contributed by atoms with Gasteiger partial charge in [-0.3, -0.25) is 4.79 Å². The third-order valence-corrected chi connectivity index (χ3v) is 4.18. The van der Waals surface area contributed by atoms with Crippen LogP contribution in [0.1, 0.15) is 36.8 Å². The molecule has 5 heteroatoms. The van der Waals surface area contributed by atoms with Crippen LogP contribution in [0.2, 0.25) is 0 Å². The molecule has 1 aliphatic rings. The molecule has 0 spiro atoms. The van der Waals surface area contributed by atoms with Gasteiger partial charge in [-0.15, -0.1) is 0 Å². The van der Waals surface area contributed by atoms with Crippen LogP contribution in [0, 0.1) is 6.92 Å². The van der Waals surface area contributed by atoms with E-state index in [0.717, 1.165) is 43.1 Å². The average molecular weight is 278 g/mol. The highest BCUT2D eigenvalue weighted by atomic mass is 16.1. The lowest BCUT2D eigenvalue weighted by atomic mass is 10.0. The van der Waals surface area contributed by atoms with Gasteiger partial charge in [-0.25, -0.2) is 4.98 Å². The minimum Gasteiger partial charge on any atom is -0.310 e. The SMILES string of the molecule is Cc1nc(CC2CN(C)CCN2C)[nH]c(=O)c1C(C)C. The van der Waals surface area contributed by atoms with Crippen molar-refractivity contribution in [3.05, 3.63) is 27.4 Å². The zero-order valence-corrected chi connectivity index (χ0v) is 13.2. The zero-order valence-electron chi connectivity index (χ0n) is 13.2. The predicted molar refractivity (Wildman–Crippen MR) is 81.3 cm³/mol. The molecule has 1 aliphatic heterocycles. The second-order valence-electron chi connectivity index (χ2n) is 6.27. The first kappa shape index (κ1) is 15.2. The van der Waals surface area contributed by atoms with Crippen molar-refractivity contribution in [2.24, 2.45) is 0 Å². The molecule has 1 aromatic rings. The molecule has 1 atom stereocenters. The van der Waals surface area contributed by atoms with Gasteiger partial charge in [-0.1, -0.05) is 13.8 Å². The van der Waals surface area contributed by atoms with E-state index in [4.69, 9.17) is 0 Å². The molecule has 1 aromatic heterocycles. The highest BCUT2D eigenvalue weighted by Crippen LogP contribution is 2.14. The van der Waals surface area contributed by atoms with Crippen LogP contribution in [0.5, 0.6) is 0 Å². The summed E-state index contributed by atoms with van der Waals surface area (Å²) in [5.41, 5.74) is 1.70. The summed E-state index contributed by atoms with van der Waals surface area (Å²) in [5.74, 6) is 1.02. The van der Waals surface area contributed by atoms with E-state index in [1.807, 2.05) is 20.8 Å². The number of nitrogens with one attached hydrogen (secondary N) is 1. The number of piperazine rings is 1. The molecule has 0 amide bonds. The van der Waals surface area contributed by atoms with E-state index in [2.05, 4.69) is 33.9 Å². The molecular weight excluding hydrogens is 252 g/mol. The Labute approximate surface area is 121 Å². The Balaban J connectivity index is 2.20. The van der Waals surface area contributed by atoms with Gasteiger partial charge in [0, 0.05) is 43.4 Å². The highest BCUT2D eigenvalue weighted by Gasteiger charge is 2.23. The Kier molecular flexibility index (Phi) is 4.60. The Morgan fingerprint density at radius 1 is 1.35 bits per heavy atom. The molecule has 112 valence electrons. The van der Waals surface area contributed by atoms with E-state index < -0.39 is 0 Å². The zero-order chi connectivity index (χ0) is 14.9. The molecule has 0 aliphatic carbocycles. The largest absolute Gasteiger partial charge is 0.310 e. The van der Waals surface area contributed by atoms with E-state index in [0.29, 0.717) is 6.04 Å². The van der Waals surface area contributed by atoms with Crippen molar-refractivity contribution < 1.29 is 0 Å². The van der Waals surface area contributed by atoms with Gasteiger partial charge in [-0.05, 0) is 26.9 Å². The molecule has 2 heterocycles. The highest BCUT2D eigenvalue weighted by molar-refractivity contribution is 5.20. The molecule has 0 aromatic carbocycles. The van der Waals surface area contributed by atoms with Crippen LogP contribution in [-0.4, -0.2) is 59.5 Å². The standard InChI is InChI=1S/C15H26N4O/c1-10(2)14-11(3)16-13(17-15(14)20)8-12-9-18(4)6-7-19(12)5/h10,12H,6-9H2,1-5H3,(H,16,17,20). The summed E-state index contributed by atoms with van der Waals surface area (Å²) in [6.45, 7) is 9.18. The van der Waals surface area contributed by atoms with Crippen molar-refractivity contribution in [3.63, 3.8) is 0 Å². The Morgan fingerprint density at radius 3 is 2.65 bits per heavy atom. The maximum atomic E-state index is 12.2. The third-order valence-electron chi connectivity index (χ3n) is 4.18. The van der Waals surface area contributed by atoms with Crippen molar-refractivity contribution in [1.29, 1.82) is 0 Å². The van der Waals surface area contributed by atoms with Crippen molar-refractivity contribution in [1.82, 2.24) is 19.8 Å². The summed E-state index contributed by atoms with van der Waals surface area (Å²) in [6.07, 6.45) is 0.801. The van der Waals surface area contributed by atoms with Gasteiger partial charge in [0.2, 0.25) is 0 Å². The Bertz CT molecular complexity index is 523. The summed E-state index contributed by atoms with van der Waals surface area (Å²) < 4.78 is 0. The smallest absolute Gasteiger partial charge is 0.254 e. The van der Waals surface area contributed by atoms with E-state index in [1.165, 1.54) is 0 Å². The fourth-order valence-corrected chi connectivity index (χ4v) is 2.97. The molecule has 1 unspecified atom stereocenters. The van der Waals surface area contributed by atoms with Crippen molar-refractivity contribution in [2.75, 3.05) is 33.7 Å². The number of aromatic amines is 1. The topological polar surface area (TPSA) is 52.2 Å². The molecule has 1 N–H and O–H groups in total. The van der Waals surface area contributed by atoms with Gasteiger partial charge in [0.15, 0.2) is 0 Å². The third kappa shape index (κ3) is 3.27. The van der Waals surface area contributed by atoms with E-state index in [-0.39, 0.29) is 11.5 Å². The molecule has 1 saturated heterocycles. The molecule has 1 fully saturated rings. The quantitative estimate of drug-likeness (QED) is 0.896. The van der Waals surface area contributed by atoms with Crippen LogP contribution < -0.4 is 5.56 Å².